The van der Waals surface area contributed by atoms with Crippen molar-refractivity contribution in [2.45, 2.75) is 45.8 Å². The van der Waals surface area contributed by atoms with Crippen molar-refractivity contribution in [3.05, 3.63) is 65.7 Å². The fourth-order valence-corrected chi connectivity index (χ4v) is 2.98. The zero-order valence-electron chi connectivity index (χ0n) is 18.3. The highest BCUT2D eigenvalue weighted by molar-refractivity contribution is 5.90. The number of carbonyl (C=O) groups excluding carboxylic acids is 1. The Labute approximate surface area is 180 Å². The number of ether oxygens (including phenoxy) is 1. The van der Waals surface area contributed by atoms with Crippen molar-refractivity contribution in [1.82, 2.24) is 10.6 Å². The number of nitrogens with one attached hydrogen (secondary N) is 3. The van der Waals surface area contributed by atoms with Crippen LogP contribution in [0.3, 0.4) is 0 Å². The Morgan fingerprint density at radius 2 is 1.90 bits per heavy atom. The van der Waals surface area contributed by atoms with Gasteiger partial charge in [0.1, 0.15) is 0 Å². The molecule has 0 aliphatic carbocycles. The van der Waals surface area contributed by atoms with Gasteiger partial charge in [-0.1, -0.05) is 49.4 Å². The van der Waals surface area contributed by atoms with E-state index in [1.807, 2.05) is 49.4 Å². The molecule has 0 saturated heterocycles. The van der Waals surface area contributed by atoms with E-state index < -0.39 is 0 Å². The molecule has 0 radical (unpaired) electrons. The summed E-state index contributed by atoms with van der Waals surface area (Å²) in [7, 11) is 1.75. The molecule has 1 atom stereocenters. The third kappa shape index (κ3) is 8.66. The number of hydrogen-bond donors (Lipinski definition) is 3. The Balaban J connectivity index is 1.68. The van der Waals surface area contributed by atoms with Crippen molar-refractivity contribution in [2.24, 2.45) is 4.99 Å². The first-order valence-corrected chi connectivity index (χ1v) is 10.6. The maximum Gasteiger partial charge on any atom is 0.224 e. The van der Waals surface area contributed by atoms with E-state index in [2.05, 4.69) is 40.0 Å². The van der Waals surface area contributed by atoms with Gasteiger partial charge in [0, 0.05) is 38.9 Å². The van der Waals surface area contributed by atoms with Crippen LogP contribution in [-0.2, 0) is 16.1 Å². The minimum Gasteiger partial charge on any atom is -0.374 e. The molecule has 162 valence electrons. The summed E-state index contributed by atoms with van der Waals surface area (Å²) in [5.41, 5.74) is 3.09. The van der Waals surface area contributed by atoms with Gasteiger partial charge in [0.15, 0.2) is 5.96 Å². The second kappa shape index (κ2) is 13.4. The first kappa shape index (κ1) is 23.4. The molecule has 0 spiro atoms. The Kier molecular flexibility index (Phi) is 10.4. The summed E-state index contributed by atoms with van der Waals surface area (Å²) in [6.07, 6.45) is 2.35. The smallest absolute Gasteiger partial charge is 0.224 e. The topological polar surface area (TPSA) is 74.8 Å². The van der Waals surface area contributed by atoms with Crippen LogP contribution in [0.15, 0.2) is 59.6 Å². The molecule has 0 aromatic heterocycles. The quantitative estimate of drug-likeness (QED) is 0.294. The number of carbonyl (C=O) groups is 1. The molecule has 1 unspecified atom stereocenters. The van der Waals surface area contributed by atoms with Crippen LogP contribution < -0.4 is 16.0 Å². The number of aliphatic imine (C=N–C) groups is 1. The van der Waals surface area contributed by atoms with Crippen LogP contribution in [-0.4, -0.2) is 32.1 Å². The summed E-state index contributed by atoms with van der Waals surface area (Å²) < 4.78 is 5.90. The highest BCUT2D eigenvalue weighted by Gasteiger charge is 2.05. The average molecular weight is 411 g/mol. The minimum absolute atomic E-state index is 0.0453. The molecule has 3 N–H and O–H groups in total. The van der Waals surface area contributed by atoms with Crippen molar-refractivity contribution >= 4 is 17.6 Å². The van der Waals surface area contributed by atoms with Gasteiger partial charge < -0.3 is 20.7 Å². The largest absolute Gasteiger partial charge is 0.374 e. The molecule has 30 heavy (non-hydrogen) atoms. The predicted octanol–water partition coefficient (Wildman–Crippen LogP) is 4.26. The van der Waals surface area contributed by atoms with E-state index in [1.165, 1.54) is 5.56 Å². The molecule has 2 aromatic carbocycles. The van der Waals surface area contributed by atoms with Gasteiger partial charge >= 0.3 is 0 Å². The monoisotopic (exact) mass is 410 g/mol. The maximum absolute atomic E-state index is 11.8. The summed E-state index contributed by atoms with van der Waals surface area (Å²) in [6, 6.07) is 18.1. The number of benzene rings is 2. The average Bonchev–Trinajstić information content (AvgIpc) is 2.76. The highest BCUT2D eigenvalue weighted by Crippen LogP contribution is 2.15. The lowest BCUT2D eigenvalue weighted by Crippen LogP contribution is -2.37. The van der Waals surface area contributed by atoms with Crippen molar-refractivity contribution in [1.29, 1.82) is 0 Å². The van der Waals surface area contributed by atoms with Crippen molar-refractivity contribution < 1.29 is 9.53 Å². The summed E-state index contributed by atoms with van der Waals surface area (Å²) >= 11 is 0. The molecule has 0 aliphatic rings. The molecule has 2 rings (SSSR count). The third-order valence-electron chi connectivity index (χ3n) is 4.62. The number of hydrogen-bond acceptors (Lipinski definition) is 3. The second-order valence-electron chi connectivity index (χ2n) is 7.13. The Morgan fingerprint density at radius 1 is 1.10 bits per heavy atom. The molecule has 6 nitrogen and oxygen atoms in total. The normalized spacial score (nSPS) is 12.3. The van der Waals surface area contributed by atoms with Crippen molar-refractivity contribution in [2.75, 3.05) is 25.5 Å². The van der Waals surface area contributed by atoms with E-state index in [1.54, 1.807) is 7.05 Å². The minimum atomic E-state index is 0.0453. The molecule has 0 saturated carbocycles. The van der Waals surface area contributed by atoms with Gasteiger partial charge in [-0.15, -0.1) is 0 Å². The molecular formula is C24H34N4O2. The first-order chi connectivity index (χ1) is 14.6. The molecule has 0 fully saturated rings. The molecular weight excluding hydrogens is 376 g/mol. The van der Waals surface area contributed by atoms with Gasteiger partial charge in [0.25, 0.3) is 0 Å². The fraction of sp³-hybridized carbons (Fsp3) is 0.417. The second-order valence-corrected chi connectivity index (χ2v) is 7.13. The number of guanidine groups is 1. The van der Waals surface area contributed by atoms with Crippen molar-refractivity contribution in [3.63, 3.8) is 0 Å². The Bertz CT molecular complexity index is 793. The fourth-order valence-electron chi connectivity index (χ4n) is 2.98. The van der Waals surface area contributed by atoms with Gasteiger partial charge in [0.05, 0.1) is 6.10 Å². The number of rotatable bonds is 11. The molecule has 0 bridgehead atoms. The number of anilines is 1. The Hall–Kier alpha value is -2.86. The van der Waals surface area contributed by atoms with Crippen molar-refractivity contribution in [3.8, 4) is 0 Å². The first-order valence-electron chi connectivity index (χ1n) is 10.6. The highest BCUT2D eigenvalue weighted by atomic mass is 16.5. The predicted molar refractivity (Wildman–Crippen MR) is 124 cm³/mol. The van der Waals surface area contributed by atoms with Crippen LogP contribution in [0.25, 0.3) is 0 Å². The molecule has 2 aromatic rings. The zero-order chi connectivity index (χ0) is 21.6. The van der Waals surface area contributed by atoms with Gasteiger partial charge in [-0.2, -0.15) is 0 Å². The maximum atomic E-state index is 11.8. The van der Waals surface area contributed by atoms with E-state index in [0.29, 0.717) is 19.6 Å². The summed E-state index contributed by atoms with van der Waals surface area (Å²) in [5.74, 6) is 0.787. The van der Waals surface area contributed by atoms with Crippen LogP contribution in [0, 0.1) is 0 Å². The molecule has 6 heteroatoms. The zero-order valence-corrected chi connectivity index (χ0v) is 18.3. The Morgan fingerprint density at radius 3 is 2.63 bits per heavy atom. The SMILES string of the molecule is CCCC(=O)Nc1cccc(CNC(=NC)NCCCOC(C)c2ccccc2)c1. The van der Waals surface area contributed by atoms with Crippen LogP contribution in [0.4, 0.5) is 5.69 Å². The van der Waals surface area contributed by atoms with Gasteiger partial charge in [-0.3, -0.25) is 9.79 Å². The standard InChI is InChI=1S/C24H34N4O2/c1-4-10-23(29)28-22-14-8-11-20(17-22)18-27-24(25-3)26-15-9-16-30-19(2)21-12-6-5-7-13-21/h5-8,11-14,17,19H,4,9-10,15-16,18H2,1-3H3,(H,28,29)(H2,25,26,27). The van der Waals surface area contributed by atoms with Crippen LogP contribution >= 0.6 is 0 Å². The van der Waals surface area contributed by atoms with Gasteiger partial charge in [-0.05, 0) is 43.0 Å². The molecule has 0 aliphatic heterocycles. The third-order valence-corrected chi connectivity index (χ3v) is 4.62. The summed E-state index contributed by atoms with van der Waals surface area (Å²) in [5, 5.41) is 9.54. The van der Waals surface area contributed by atoms with E-state index >= 15 is 0 Å². The van der Waals surface area contributed by atoms with Crippen LogP contribution in [0.5, 0.6) is 0 Å². The summed E-state index contributed by atoms with van der Waals surface area (Å²) in [4.78, 5) is 16.0. The van der Waals surface area contributed by atoms with E-state index in [-0.39, 0.29) is 12.0 Å². The lowest BCUT2D eigenvalue weighted by Gasteiger charge is -2.15. The van der Waals surface area contributed by atoms with E-state index in [4.69, 9.17) is 4.74 Å². The lowest BCUT2D eigenvalue weighted by molar-refractivity contribution is -0.116. The molecule has 1 amide bonds. The molecule has 0 heterocycles. The van der Waals surface area contributed by atoms with Crippen LogP contribution in [0.1, 0.15) is 50.3 Å². The van der Waals surface area contributed by atoms with Gasteiger partial charge in [0.2, 0.25) is 5.91 Å². The number of nitrogens with zero attached hydrogens (tertiary/aromatic N) is 1. The number of amides is 1. The van der Waals surface area contributed by atoms with E-state index in [9.17, 15) is 4.79 Å². The van der Waals surface area contributed by atoms with E-state index in [0.717, 1.165) is 36.6 Å². The van der Waals surface area contributed by atoms with Gasteiger partial charge in [-0.25, -0.2) is 0 Å². The van der Waals surface area contributed by atoms with Crippen LogP contribution in [0.2, 0.25) is 0 Å². The lowest BCUT2D eigenvalue weighted by atomic mass is 10.1. The summed E-state index contributed by atoms with van der Waals surface area (Å²) in [6.45, 7) is 6.14.